The van der Waals surface area contributed by atoms with Crippen molar-refractivity contribution in [2.75, 3.05) is 18.0 Å². The lowest BCUT2D eigenvalue weighted by atomic mass is 9.98. The number of aromatic nitrogens is 2. The highest BCUT2D eigenvalue weighted by molar-refractivity contribution is 5.71. The third-order valence-electron chi connectivity index (χ3n) is 3.53. The number of carboxylic acid groups (broad SMARTS) is 1. The summed E-state index contributed by atoms with van der Waals surface area (Å²) in [6, 6.07) is 0. The molecule has 0 aliphatic carbocycles. The van der Waals surface area contributed by atoms with Gasteiger partial charge in [-0.2, -0.15) is 0 Å². The fourth-order valence-electron chi connectivity index (χ4n) is 2.56. The minimum atomic E-state index is -0.798. The van der Waals surface area contributed by atoms with Gasteiger partial charge in [-0.25, -0.2) is 4.98 Å². The van der Waals surface area contributed by atoms with Crippen LogP contribution in [0.4, 0.5) is 5.82 Å². The van der Waals surface area contributed by atoms with Gasteiger partial charge < -0.3 is 14.6 Å². The van der Waals surface area contributed by atoms with Crippen molar-refractivity contribution in [2.24, 2.45) is 11.8 Å². The highest BCUT2D eigenvalue weighted by atomic mass is 16.4. The van der Waals surface area contributed by atoms with Gasteiger partial charge in [-0.1, -0.05) is 13.8 Å². The van der Waals surface area contributed by atoms with Gasteiger partial charge in [0.05, 0.1) is 5.92 Å². The van der Waals surface area contributed by atoms with Crippen molar-refractivity contribution in [1.29, 1.82) is 0 Å². The molecular formula is C14H21N3O3. The number of carbonyl (C=O) groups is 1. The molecule has 1 fully saturated rings. The zero-order chi connectivity index (χ0) is 14.7. The molecule has 0 aromatic carbocycles. The summed E-state index contributed by atoms with van der Waals surface area (Å²) < 4.78 is 1.65. The first kappa shape index (κ1) is 14.6. The fraction of sp³-hybridized carbons (Fsp3) is 0.643. The molecule has 1 atom stereocenters. The van der Waals surface area contributed by atoms with Crippen molar-refractivity contribution in [3.63, 3.8) is 0 Å². The highest BCUT2D eigenvalue weighted by Crippen LogP contribution is 2.19. The van der Waals surface area contributed by atoms with Gasteiger partial charge in [-0.3, -0.25) is 9.59 Å². The van der Waals surface area contributed by atoms with Crippen LogP contribution in [-0.2, 0) is 11.3 Å². The molecule has 2 heterocycles. The van der Waals surface area contributed by atoms with Crippen LogP contribution >= 0.6 is 0 Å². The number of carboxylic acids is 1. The Kier molecular flexibility index (Phi) is 4.42. The third kappa shape index (κ3) is 3.18. The molecule has 0 radical (unpaired) electrons. The molecule has 0 amide bonds. The van der Waals surface area contributed by atoms with Crippen LogP contribution in [0.2, 0.25) is 0 Å². The van der Waals surface area contributed by atoms with Gasteiger partial charge in [0.2, 0.25) is 0 Å². The molecule has 0 saturated carbocycles. The van der Waals surface area contributed by atoms with Crippen molar-refractivity contribution in [3.8, 4) is 0 Å². The van der Waals surface area contributed by atoms with E-state index in [0.717, 1.165) is 6.42 Å². The van der Waals surface area contributed by atoms with Gasteiger partial charge in [0.1, 0.15) is 0 Å². The second kappa shape index (κ2) is 6.07. The Labute approximate surface area is 118 Å². The van der Waals surface area contributed by atoms with Crippen LogP contribution in [-0.4, -0.2) is 33.7 Å². The van der Waals surface area contributed by atoms with Crippen LogP contribution in [0.5, 0.6) is 0 Å². The van der Waals surface area contributed by atoms with Crippen molar-refractivity contribution in [1.82, 2.24) is 9.55 Å². The van der Waals surface area contributed by atoms with Gasteiger partial charge in [0.25, 0.3) is 5.56 Å². The molecule has 1 aliphatic rings. The molecule has 0 spiro atoms. The second-order valence-electron chi connectivity index (χ2n) is 5.73. The van der Waals surface area contributed by atoms with Crippen molar-refractivity contribution in [2.45, 2.75) is 33.2 Å². The SMILES string of the molecule is CC(C)Cn1ccnc(N2CCCC(C(=O)O)C2)c1=O. The van der Waals surface area contributed by atoms with E-state index in [2.05, 4.69) is 4.98 Å². The van der Waals surface area contributed by atoms with E-state index >= 15 is 0 Å². The fourth-order valence-corrected chi connectivity index (χ4v) is 2.56. The third-order valence-corrected chi connectivity index (χ3v) is 3.53. The molecule has 2 rings (SSSR count). The normalized spacial score (nSPS) is 19.4. The molecule has 0 bridgehead atoms. The Bertz CT molecular complexity index is 539. The second-order valence-corrected chi connectivity index (χ2v) is 5.73. The monoisotopic (exact) mass is 279 g/mol. The predicted octanol–water partition coefficient (Wildman–Crippen LogP) is 1.20. The average Bonchev–Trinajstić information content (AvgIpc) is 2.41. The first-order valence-electron chi connectivity index (χ1n) is 7.02. The Morgan fingerprint density at radius 3 is 2.95 bits per heavy atom. The average molecular weight is 279 g/mol. The standard InChI is InChI=1S/C14H21N3O3/c1-10(2)8-17-7-5-15-12(13(17)18)16-6-3-4-11(9-16)14(19)20/h5,7,10-11H,3-4,6,8-9H2,1-2H3,(H,19,20). The minimum Gasteiger partial charge on any atom is -0.481 e. The first-order chi connectivity index (χ1) is 9.49. The van der Waals surface area contributed by atoms with Crippen molar-refractivity contribution < 1.29 is 9.90 Å². The van der Waals surface area contributed by atoms with Crippen LogP contribution in [0.1, 0.15) is 26.7 Å². The number of hydrogen-bond donors (Lipinski definition) is 1. The maximum absolute atomic E-state index is 12.4. The van der Waals surface area contributed by atoms with E-state index < -0.39 is 11.9 Å². The lowest BCUT2D eigenvalue weighted by Gasteiger charge is -2.31. The molecule has 1 aromatic heterocycles. The maximum atomic E-state index is 12.4. The first-order valence-corrected chi connectivity index (χ1v) is 7.02. The Balaban J connectivity index is 2.24. The van der Waals surface area contributed by atoms with Crippen LogP contribution < -0.4 is 10.5 Å². The van der Waals surface area contributed by atoms with E-state index in [0.29, 0.717) is 37.8 Å². The summed E-state index contributed by atoms with van der Waals surface area (Å²) in [6.45, 7) is 5.80. The maximum Gasteiger partial charge on any atom is 0.308 e. The highest BCUT2D eigenvalue weighted by Gasteiger charge is 2.27. The zero-order valence-electron chi connectivity index (χ0n) is 12.0. The van der Waals surface area contributed by atoms with Crippen LogP contribution in [0.3, 0.4) is 0 Å². The summed E-state index contributed by atoms with van der Waals surface area (Å²) in [5.41, 5.74) is -0.132. The lowest BCUT2D eigenvalue weighted by molar-refractivity contribution is -0.141. The number of nitrogens with zero attached hydrogens (tertiary/aromatic N) is 3. The number of aliphatic carboxylic acids is 1. The number of piperidine rings is 1. The smallest absolute Gasteiger partial charge is 0.308 e. The van der Waals surface area contributed by atoms with Crippen LogP contribution in [0.15, 0.2) is 17.2 Å². The van der Waals surface area contributed by atoms with Gasteiger partial charge in [-0.05, 0) is 18.8 Å². The predicted molar refractivity (Wildman–Crippen MR) is 75.9 cm³/mol. The van der Waals surface area contributed by atoms with Crippen LogP contribution in [0, 0.1) is 11.8 Å². The summed E-state index contributed by atoms with van der Waals surface area (Å²) in [4.78, 5) is 29.5. The Morgan fingerprint density at radius 2 is 2.30 bits per heavy atom. The molecule has 1 aliphatic heterocycles. The molecule has 1 saturated heterocycles. The van der Waals surface area contributed by atoms with E-state index in [4.69, 9.17) is 5.11 Å². The van der Waals surface area contributed by atoms with Crippen molar-refractivity contribution in [3.05, 3.63) is 22.7 Å². The van der Waals surface area contributed by atoms with E-state index in [1.165, 1.54) is 0 Å². The summed E-state index contributed by atoms with van der Waals surface area (Å²) >= 11 is 0. The molecule has 110 valence electrons. The van der Waals surface area contributed by atoms with Crippen molar-refractivity contribution >= 4 is 11.8 Å². The van der Waals surface area contributed by atoms with E-state index in [9.17, 15) is 9.59 Å². The molecule has 6 nitrogen and oxygen atoms in total. The molecule has 1 unspecified atom stereocenters. The van der Waals surface area contributed by atoms with E-state index in [1.807, 2.05) is 13.8 Å². The van der Waals surface area contributed by atoms with Gasteiger partial charge in [0.15, 0.2) is 5.82 Å². The van der Waals surface area contributed by atoms with E-state index in [1.54, 1.807) is 21.9 Å². The number of rotatable bonds is 4. The minimum absolute atomic E-state index is 0.132. The Hall–Kier alpha value is -1.85. The summed E-state index contributed by atoms with van der Waals surface area (Å²) in [7, 11) is 0. The number of anilines is 1. The molecule has 20 heavy (non-hydrogen) atoms. The number of hydrogen-bond acceptors (Lipinski definition) is 4. The molecule has 1 N–H and O–H groups in total. The summed E-state index contributed by atoms with van der Waals surface area (Å²) in [5, 5.41) is 9.12. The summed E-state index contributed by atoms with van der Waals surface area (Å²) in [5.74, 6) is -0.466. The van der Waals surface area contributed by atoms with Gasteiger partial charge >= 0.3 is 5.97 Å². The quantitative estimate of drug-likeness (QED) is 0.896. The summed E-state index contributed by atoms with van der Waals surface area (Å²) in [6.07, 6.45) is 4.74. The Morgan fingerprint density at radius 1 is 1.55 bits per heavy atom. The molecular weight excluding hydrogens is 258 g/mol. The van der Waals surface area contributed by atoms with E-state index in [-0.39, 0.29) is 5.56 Å². The molecule has 1 aromatic rings. The van der Waals surface area contributed by atoms with Gasteiger partial charge in [-0.15, -0.1) is 0 Å². The lowest BCUT2D eigenvalue weighted by Crippen LogP contribution is -2.42. The van der Waals surface area contributed by atoms with Crippen LogP contribution in [0.25, 0.3) is 0 Å². The largest absolute Gasteiger partial charge is 0.481 e. The topological polar surface area (TPSA) is 75.4 Å². The molecule has 6 heteroatoms. The zero-order valence-corrected chi connectivity index (χ0v) is 12.0. The van der Waals surface area contributed by atoms with Gasteiger partial charge in [0, 0.05) is 32.0 Å².